The van der Waals surface area contributed by atoms with Gasteiger partial charge in [0.05, 0.1) is 13.7 Å². The van der Waals surface area contributed by atoms with Crippen LogP contribution in [-0.4, -0.2) is 36.8 Å². The summed E-state index contributed by atoms with van der Waals surface area (Å²) in [6.45, 7) is 8.31. The number of hydrogen-bond acceptors (Lipinski definition) is 6. The number of rotatable bonds is 9. The molecule has 0 aliphatic rings. The molecule has 1 aromatic carbocycles. The second-order valence-electron chi connectivity index (χ2n) is 5.91. The van der Waals surface area contributed by atoms with Gasteiger partial charge in [0.15, 0.2) is 0 Å². The van der Waals surface area contributed by atoms with E-state index in [0.717, 1.165) is 35.5 Å². The van der Waals surface area contributed by atoms with E-state index in [2.05, 4.69) is 34.4 Å². The van der Waals surface area contributed by atoms with Gasteiger partial charge in [-0.05, 0) is 37.1 Å². The van der Waals surface area contributed by atoms with Crippen molar-refractivity contribution in [1.29, 1.82) is 0 Å². The summed E-state index contributed by atoms with van der Waals surface area (Å²) in [5, 5.41) is 6.58. The van der Waals surface area contributed by atoms with Crippen LogP contribution in [-0.2, 0) is 0 Å². The van der Waals surface area contributed by atoms with Gasteiger partial charge in [-0.15, -0.1) is 0 Å². The third kappa shape index (κ3) is 5.95. The molecule has 0 radical (unpaired) electrons. The van der Waals surface area contributed by atoms with Crippen LogP contribution < -0.4 is 20.1 Å². The Balaban J connectivity index is 1.80. The summed E-state index contributed by atoms with van der Waals surface area (Å²) in [6, 6.07) is 9.46. The molecule has 0 spiro atoms. The summed E-state index contributed by atoms with van der Waals surface area (Å²) in [5.74, 6) is 4.58. The van der Waals surface area contributed by atoms with Crippen LogP contribution in [0.15, 0.2) is 30.3 Å². The molecule has 6 nitrogen and oxygen atoms in total. The predicted molar refractivity (Wildman–Crippen MR) is 97.1 cm³/mol. The Morgan fingerprint density at radius 2 is 1.62 bits per heavy atom. The lowest BCUT2D eigenvalue weighted by Crippen LogP contribution is -2.14. The highest BCUT2D eigenvalue weighted by Crippen LogP contribution is 2.17. The Bertz CT molecular complexity index is 629. The molecule has 2 N–H and O–H groups in total. The zero-order valence-corrected chi connectivity index (χ0v) is 14.8. The molecule has 2 aromatic rings. The molecule has 6 heteroatoms. The lowest BCUT2D eigenvalue weighted by molar-refractivity contribution is 0.331. The minimum Gasteiger partial charge on any atom is -0.497 e. The first kappa shape index (κ1) is 17.8. The third-order valence-corrected chi connectivity index (χ3v) is 3.27. The lowest BCUT2D eigenvalue weighted by Gasteiger charge is -2.12. The van der Waals surface area contributed by atoms with Gasteiger partial charge in [0.2, 0.25) is 0 Å². The topological polar surface area (TPSA) is 68.3 Å². The molecule has 24 heavy (non-hydrogen) atoms. The van der Waals surface area contributed by atoms with Crippen LogP contribution in [0.2, 0.25) is 0 Å². The lowest BCUT2D eigenvalue weighted by atomic mass is 10.2. The summed E-state index contributed by atoms with van der Waals surface area (Å²) in [5.41, 5.74) is 0. The summed E-state index contributed by atoms with van der Waals surface area (Å²) in [4.78, 5) is 8.79. The minimum absolute atomic E-state index is 0.546. The number of anilines is 2. The standard InChI is InChI=1S/C18H26N4O2/c1-13(2)12-20-18-11-17(21-14(3)22-18)19-9-10-24-16-7-5-15(23-4)6-8-16/h5-8,11,13H,9-10,12H2,1-4H3,(H2,19,20,21,22). The fraction of sp³-hybridized carbons (Fsp3) is 0.444. The summed E-state index contributed by atoms with van der Waals surface area (Å²) < 4.78 is 10.8. The van der Waals surface area contributed by atoms with Gasteiger partial charge in [0.25, 0.3) is 0 Å². The highest BCUT2D eigenvalue weighted by Gasteiger charge is 2.03. The van der Waals surface area contributed by atoms with Gasteiger partial charge in [0, 0.05) is 12.6 Å². The first-order chi connectivity index (χ1) is 11.6. The molecule has 0 amide bonds. The summed E-state index contributed by atoms with van der Waals surface area (Å²) >= 11 is 0. The van der Waals surface area contributed by atoms with E-state index in [0.29, 0.717) is 19.1 Å². The number of methoxy groups -OCH3 is 1. The Morgan fingerprint density at radius 1 is 1.00 bits per heavy atom. The maximum absolute atomic E-state index is 5.69. The Kier molecular flexibility index (Phi) is 6.66. The molecule has 0 atom stereocenters. The average Bonchev–Trinajstić information content (AvgIpc) is 2.57. The Morgan fingerprint density at radius 3 is 2.25 bits per heavy atom. The fourth-order valence-electron chi connectivity index (χ4n) is 2.08. The van der Waals surface area contributed by atoms with Crippen LogP contribution in [0.4, 0.5) is 11.6 Å². The highest BCUT2D eigenvalue weighted by molar-refractivity contribution is 5.47. The van der Waals surface area contributed by atoms with Crippen molar-refractivity contribution in [2.75, 3.05) is 37.4 Å². The van der Waals surface area contributed by atoms with E-state index >= 15 is 0 Å². The summed E-state index contributed by atoms with van der Waals surface area (Å²) in [6.07, 6.45) is 0. The van der Waals surface area contributed by atoms with Gasteiger partial charge in [-0.1, -0.05) is 13.8 Å². The average molecular weight is 330 g/mol. The van der Waals surface area contributed by atoms with Gasteiger partial charge in [0.1, 0.15) is 35.6 Å². The van der Waals surface area contributed by atoms with E-state index in [4.69, 9.17) is 9.47 Å². The van der Waals surface area contributed by atoms with Gasteiger partial charge >= 0.3 is 0 Å². The van der Waals surface area contributed by atoms with E-state index in [1.54, 1.807) is 7.11 Å². The van der Waals surface area contributed by atoms with Crippen molar-refractivity contribution in [3.63, 3.8) is 0 Å². The largest absolute Gasteiger partial charge is 0.497 e. The van der Waals surface area contributed by atoms with Gasteiger partial charge in [-0.25, -0.2) is 9.97 Å². The normalized spacial score (nSPS) is 10.5. The zero-order chi connectivity index (χ0) is 17.4. The Labute approximate surface area is 143 Å². The second-order valence-corrected chi connectivity index (χ2v) is 5.91. The van der Waals surface area contributed by atoms with Crippen LogP contribution in [0.5, 0.6) is 11.5 Å². The van der Waals surface area contributed by atoms with Crippen LogP contribution >= 0.6 is 0 Å². The first-order valence-corrected chi connectivity index (χ1v) is 8.17. The number of nitrogens with one attached hydrogen (secondary N) is 2. The van der Waals surface area contributed by atoms with Crippen molar-refractivity contribution in [2.24, 2.45) is 5.92 Å². The van der Waals surface area contributed by atoms with Crippen molar-refractivity contribution in [3.8, 4) is 11.5 Å². The van der Waals surface area contributed by atoms with E-state index < -0.39 is 0 Å². The molecular formula is C18H26N4O2. The molecule has 0 fully saturated rings. The molecule has 0 aliphatic heterocycles. The molecule has 0 saturated heterocycles. The molecule has 130 valence electrons. The SMILES string of the molecule is COc1ccc(OCCNc2cc(NCC(C)C)nc(C)n2)cc1. The number of nitrogens with zero attached hydrogens (tertiary/aromatic N) is 2. The van der Waals surface area contributed by atoms with Crippen molar-refractivity contribution in [2.45, 2.75) is 20.8 Å². The number of aryl methyl sites for hydroxylation is 1. The Hall–Kier alpha value is -2.50. The molecule has 2 rings (SSSR count). The van der Waals surface area contributed by atoms with E-state index in [1.807, 2.05) is 37.3 Å². The maximum atomic E-state index is 5.69. The number of aromatic nitrogens is 2. The molecular weight excluding hydrogens is 304 g/mol. The van der Waals surface area contributed by atoms with Gasteiger partial charge in [-0.2, -0.15) is 0 Å². The van der Waals surface area contributed by atoms with Crippen molar-refractivity contribution >= 4 is 11.6 Å². The van der Waals surface area contributed by atoms with E-state index in [-0.39, 0.29) is 0 Å². The number of ether oxygens (including phenoxy) is 2. The number of hydrogen-bond donors (Lipinski definition) is 2. The van der Waals surface area contributed by atoms with Gasteiger partial charge in [-0.3, -0.25) is 0 Å². The van der Waals surface area contributed by atoms with E-state index in [1.165, 1.54) is 0 Å². The first-order valence-electron chi connectivity index (χ1n) is 8.17. The predicted octanol–water partition coefficient (Wildman–Crippen LogP) is 3.35. The molecule has 0 aliphatic carbocycles. The maximum Gasteiger partial charge on any atom is 0.131 e. The fourth-order valence-corrected chi connectivity index (χ4v) is 2.08. The summed E-state index contributed by atoms with van der Waals surface area (Å²) in [7, 11) is 1.65. The van der Waals surface area contributed by atoms with E-state index in [9.17, 15) is 0 Å². The minimum atomic E-state index is 0.546. The third-order valence-electron chi connectivity index (χ3n) is 3.27. The van der Waals surface area contributed by atoms with Crippen molar-refractivity contribution < 1.29 is 9.47 Å². The number of benzene rings is 1. The van der Waals surface area contributed by atoms with Crippen LogP contribution in [0, 0.1) is 12.8 Å². The van der Waals surface area contributed by atoms with Crippen molar-refractivity contribution in [3.05, 3.63) is 36.2 Å². The molecule has 0 bridgehead atoms. The van der Waals surface area contributed by atoms with Crippen LogP contribution in [0.3, 0.4) is 0 Å². The van der Waals surface area contributed by atoms with Crippen LogP contribution in [0.1, 0.15) is 19.7 Å². The molecule has 0 unspecified atom stereocenters. The monoisotopic (exact) mass is 330 g/mol. The molecule has 0 saturated carbocycles. The second kappa shape index (κ2) is 8.96. The quantitative estimate of drug-likeness (QED) is 0.687. The molecule has 1 aromatic heterocycles. The van der Waals surface area contributed by atoms with Crippen LogP contribution in [0.25, 0.3) is 0 Å². The molecule has 1 heterocycles. The highest BCUT2D eigenvalue weighted by atomic mass is 16.5. The van der Waals surface area contributed by atoms with Gasteiger partial charge < -0.3 is 20.1 Å². The smallest absolute Gasteiger partial charge is 0.131 e. The zero-order valence-electron chi connectivity index (χ0n) is 14.8. The van der Waals surface area contributed by atoms with Crippen molar-refractivity contribution in [1.82, 2.24) is 9.97 Å².